The van der Waals surface area contributed by atoms with Gasteiger partial charge in [-0.3, -0.25) is 0 Å². The maximum absolute atomic E-state index is 5.59. The van der Waals surface area contributed by atoms with Crippen LogP contribution in [0.1, 0.15) is 13.3 Å². The topological polar surface area (TPSA) is 0 Å². The summed E-state index contributed by atoms with van der Waals surface area (Å²) in [7, 11) is 0. The fourth-order valence-electron chi connectivity index (χ4n) is 0.215. The molecule has 0 radical (unpaired) electrons. The number of hydrogen-bond donors (Lipinski definition) is 0. The average Bonchev–Trinajstić information content (AvgIpc) is 1.68. The summed E-state index contributed by atoms with van der Waals surface area (Å²) in [5.41, 5.74) is 1.45. The number of halogens is 2. The van der Waals surface area contributed by atoms with Gasteiger partial charge in [0.05, 0.1) is 5.38 Å². The number of rotatable bonds is 2. The summed E-state index contributed by atoms with van der Waals surface area (Å²) in [6, 6.07) is 0. The molecule has 0 spiro atoms. The third-order valence-electron chi connectivity index (χ3n) is 0.672. The minimum atomic E-state index is 0.109. The van der Waals surface area contributed by atoms with Crippen LogP contribution < -0.4 is 0 Å². The zero-order valence-electron chi connectivity index (χ0n) is 4.20. The van der Waals surface area contributed by atoms with Gasteiger partial charge in [-0.1, -0.05) is 24.6 Å². The summed E-state index contributed by atoms with van der Waals surface area (Å²) in [5, 5.41) is 0.109. The van der Waals surface area contributed by atoms with E-state index in [1.54, 1.807) is 6.08 Å². The molecule has 2 heteroatoms. The highest BCUT2D eigenvalue weighted by molar-refractivity contribution is 6.27. The van der Waals surface area contributed by atoms with Gasteiger partial charge in [0.2, 0.25) is 0 Å². The standard InChI is InChI=1S/C5H8Cl2/c1-2-5(7)3-4-6/h3-5H,2H2,1H3. The number of allylic oxidation sites excluding steroid dienone is 1. The molecular weight excluding hydrogens is 131 g/mol. The molecule has 0 aromatic heterocycles. The fourth-order valence-corrected chi connectivity index (χ4v) is 0.538. The third kappa shape index (κ3) is 4.17. The lowest BCUT2D eigenvalue weighted by Crippen LogP contribution is -1.85. The lowest BCUT2D eigenvalue weighted by Gasteiger charge is -1.92. The van der Waals surface area contributed by atoms with Gasteiger partial charge >= 0.3 is 0 Å². The normalized spacial score (nSPS) is 15.3. The van der Waals surface area contributed by atoms with E-state index in [-0.39, 0.29) is 5.38 Å². The van der Waals surface area contributed by atoms with E-state index in [0.717, 1.165) is 6.42 Å². The predicted octanol–water partition coefficient (Wildman–Crippen LogP) is 2.76. The van der Waals surface area contributed by atoms with E-state index in [1.165, 1.54) is 5.54 Å². The second-order valence-electron chi connectivity index (χ2n) is 1.24. The summed E-state index contributed by atoms with van der Waals surface area (Å²) in [4.78, 5) is 0. The summed E-state index contributed by atoms with van der Waals surface area (Å²) in [6.07, 6.45) is 2.69. The molecule has 0 rings (SSSR count). The van der Waals surface area contributed by atoms with Gasteiger partial charge in [0, 0.05) is 5.54 Å². The molecule has 0 heterocycles. The van der Waals surface area contributed by atoms with Crippen LogP contribution in [0.2, 0.25) is 0 Å². The molecule has 0 nitrogen and oxygen atoms in total. The summed E-state index contributed by atoms with van der Waals surface area (Å²) < 4.78 is 0. The van der Waals surface area contributed by atoms with Gasteiger partial charge in [-0.15, -0.1) is 11.6 Å². The van der Waals surface area contributed by atoms with Crippen molar-refractivity contribution in [3.63, 3.8) is 0 Å². The van der Waals surface area contributed by atoms with E-state index in [1.807, 2.05) is 6.92 Å². The molecule has 0 fully saturated rings. The van der Waals surface area contributed by atoms with Crippen molar-refractivity contribution in [3.8, 4) is 0 Å². The van der Waals surface area contributed by atoms with Gasteiger partial charge in [-0.05, 0) is 6.42 Å². The van der Waals surface area contributed by atoms with Crippen molar-refractivity contribution in [2.75, 3.05) is 0 Å². The quantitative estimate of drug-likeness (QED) is 0.516. The Kier molecular flexibility index (Phi) is 4.68. The van der Waals surface area contributed by atoms with Crippen LogP contribution in [0.5, 0.6) is 0 Å². The minimum absolute atomic E-state index is 0.109. The summed E-state index contributed by atoms with van der Waals surface area (Å²) >= 11 is 10.8. The van der Waals surface area contributed by atoms with E-state index in [4.69, 9.17) is 23.2 Å². The Morgan fingerprint density at radius 3 is 2.43 bits per heavy atom. The molecule has 0 saturated heterocycles. The van der Waals surface area contributed by atoms with Gasteiger partial charge in [0.25, 0.3) is 0 Å². The van der Waals surface area contributed by atoms with Crippen molar-refractivity contribution in [2.45, 2.75) is 18.7 Å². The van der Waals surface area contributed by atoms with Crippen molar-refractivity contribution in [2.24, 2.45) is 0 Å². The molecule has 0 aromatic carbocycles. The molecule has 0 saturated carbocycles. The molecule has 0 aromatic rings. The molecule has 0 bridgehead atoms. The van der Waals surface area contributed by atoms with Crippen LogP contribution in [0.3, 0.4) is 0 Å². The molecular formula is C5H8Cl2. The lowest BCUT2D eigenvalue weighted by molar-refractivity contribution is 0.968. The molecule has 0 N–H and O–H groups in total. The van der Waals surface area contributed by atoms with Crippen LogP contribution in [0.4, 0.5) is 0 Å². The molecule has 1 unspecified atom stereocenters. The molecule has 0 aliphatic heterocycles. The van der Waals surface area contributed by atoms with Gasteiger partial charge < -0.3 is 0 Å². The molecule has 42 valence electrons. The first-order chi connectivity index (χ1) is 3.31. The Morgan fingerprint density at radius 2 is 2.29 bits per heavy atom. The number of alkyl halides is 1. The first kappa shape index (κ1) is 7.32. The Labute approximate surface area is 54.1 Å². The van der Waals surface area contributed by atoms with Crippen LogP contribution in [-0.4, -0.2) is 5.38 Å². The van der Waals surface area contributed by atoms with Crippen molar-refractivity contribution >= 4 is 23.2 Å². The molecule has 0 aliphatic rings. The first-order valence-corrected chi connectivity index (χ1v) is 3.09. The average molecular weight is 139 g/mol. The summed E-state index contributed by atoms with van der Waals surface area (Å²) in [5.74, 6) is 0. The van der Waals surface area contributed by atoms with E-state index >= 15 is 0 Å². The van der Waals surface area contributed by atoms with Gasteiger partial charge in [0.15, 0.2) is 0 Å². The van der Waals surface area contributed by atoms with Gasteiger partial charge in [-0.2, -0.15) is 0 Å². The van der Waals surface area contributed by atoms with E-state index in [0.29, 0.717) is 0 Å². The molecule has 0 amide bonds. The van der Waals surface area contributed by atoms with Crippen LogP contribution in [0, 0.1) is 0 Å². The second kappa shape index (κ2) is 4.48. The predicted molar refractivity (Wildman–Crippen MR) is 34.9 cm³/mol. The van der Waals surface area contributed by atoms with Crippen LogP contribution in [0.15, 0.2) is 11.6 Å². The molecule has 0 aliphatic carbocycles. The van der Waals surface area contributed by atoms with Gasteiger partial charge in [0.1, 0.15) is 0 Å². The van der Waals surface area contributed by atoms with Crippen molar-refractivity contribution in [1.29, 1.82) is 0 Å². The summed E-state index contributed by atoms with van der Waals surface area (Å²) in [6.45, 7) is 2.01. The van der Waals surface area contributed by atoms with Crippen LogP contribution >= 0.6 is 23.2 Å². The van der Waals surface area contributed by atoms with E-state index < -0.39 is 0 Å². The Hall–Kier alpha value is 0.320. The van der Waals surface area contributed by atoms with Crippen molar-refractivity contribution in [3.05, 3.63) is 11.6 Å². The van der Waals surface area contributed by atoms with E-state index in [9.17, 15) is 0 Å². The SMILES string of the molecule is CCC(Cl)C=CCl. The highest BCUT2D eigenvalue weighted by atomic mass is 35.5. The highest BCUT2D eigenvalue weighted by Crippen LogP contribution is 2.02. The fraction of sp³-hybridized carbons (Fsp3) is 0.600. The Balaban J connectivity index is 3.16. The van der Waals surface area contributed by atoms with E-state index in [2.05, 4.69) is 0 Å². The third-order valence-corrected chi connectivity index (χ3v) is 1.27. The molecule has 7 heavy (non-hydrogen) atoms. The maximum atomic E-state index is 5.59. The smallest absolute Gasteiger partial charge is 0.0524 e. The first-order valence-electron chi connectivity index (χ1n) is 2.22. The minimum Gasteiger partial charge on any atom is -0.118 e. The zero-order chi connectivity index (χ0) is 5.70. The zero-order valence-corrected chi connectivity index (χ0v) is 5.71. The Bertz CT molecular complexity index is 59.1. The Morgan fingerprint density at radius 1 is 1.71 bits per heavy atom. The van der Waals surface area contributed by atoms with Gasteiger partial charge in [-0.25, -0.2) is 0 Å². The largest absolute Gasteiger partial charge is 0.118 e. The van der Waals surface area contributed by atoms with Crippen LogP contribution in [0.25, 0.3) is 0 Å². The van der Waals surface area contributed by atoms with Crippen molar-refractivity contribution < 1.29 is 0 Å². The number of hydrogen-bond acceptors (Lipinski definition) is 0. The monoisotopic (exact) mass is 138 g/mol. The molecule has 1 atom stereocenters. The highest BCUT2D eigenvalue weighted by Gasteiger charge is 1.89. The maximum Gasteiger partial charge on any atom is 0.0524 e. The van der Waals surface area contributed by atoms with Crippen LogP contribution in [-0.2, 0) is 0 Å². The second-order valence-corrected chi connectivity index (χ2v) is 2.06. The van der Waals surface area contributed by atoms with Crippen molar-refractivity contribution in [1.82, 2.24) is 0 Å². The lowest BCUT2D eigenvalue weighted by atomic mass is 10.3.